The van der Waals surface area contributed by atoms with E-state index in [9.17, 15) is 0 Å². The number of fused-ring (bicyclic) bond motifs is 1. The van der Waals surface area contributed by atoms with Gasteiger partial charge in [-0.1, -0.05) is 6.92 Å². The molecule has 0 bridgehead atoms. The molecule has 0 aromatic carbocycles. The van der Waals surface area contributed by atoms with Crippen LogP contribution >= 0.6 is 11.3 Å². The molecule has 0 saturated heterocycles. The van der Waals surface area contributed by atoms with Gasteiger partial charge in [-0.3, -0.25) is 0 Å². The predicted octanol–water partition coefficient (Wildman–Crippen LogP) is 2.56. The first-order valence-corrected chi connectivity index (χ1v) is 4.88. The molecule has 0 fully saturated rings. The van der Waals surface area contributed by atoms with Crippen LogP contribution in [0.3, 0.4) is 0 Å². The molecule has 0 N–H and O–H groups in total. The zero-order chi connectivity index (χ0) is 8.55. The van der Waals surface area contributed by atoms with Gasteiger partial charge in [-0.2, -0.15) is 0 Å². The minimum Gasteiger partial charge on any atom is -0.241 e. The van der Waals surface area contributed by atoms with E-state index in [2.05, 4.69) is 29.2 Å². The second kappa shape index (κ2) is 2.83. The predicted molar refractivity (Wildman–Crippen MR) is 51.5 cm³/mol. The number of nitrogens with zero attached hydrogens (tertiary/aromatic N) is 2. The van der Waals surface area contributed by atoms with Crippen LogP contribution in [0.2, 0.25) is 0 Å². The number of hydrogen-bond donors (Lipinski definition) is 0. The zero-order valence-electron chi connectivity index (χ0n) is 7.16. The number of aromatic nitrogens is 2. The molecule has 0 radical (unpaired) electrons. The molecule has 62 valence electrons. The van der Waals surface area contributed by atoms with Crippen molar-refractivity contribution in [3.8, 4) is 0 Å². The van der Waals surface area contributed by atoms with Crippen LogP contribution in [0, 0.1) is 6.92 Å². The van der Waals surface area contributed by atoms with E-state index in [0.717, 1.165) is 11.3 Å². The van der Waals surface area contributed by atoms with Gasteiger partial charge < -0.3 is 0 Å². The van der Waals surface area contributed by atoms with Gasteiger partial charge in [0.25, 0.3) is 0 Å². The third-order valence-corrected chi connectivity index (χ3v) is 2.97. The summed E-state index contributed by atoms with van der Waals surface area (Å²) in [6, 6.07) is 0. The highest BCUT2D eigenvalue weighted by Gasteiger charge is 2.05. The van der Waals surface area contributed by atoms with Crippen molar-refractivity contribution in [2.24, 2.45) is 0 Å². The fourth-order valence-electron chi connectivity index (χ4n) is 1.36. The third-order valence-electron chi connectivity index (χ3n) is 1.97. The molecule has 0 aliphatic heterocycles. The van der Waals surface area contributed by atoms with Crippen LogP contribution in [0.25, 0.3) is 10.2 Å². The lowest BCUT2D eigenvalue weighted by Crippen LogP contribution is -1.89. The van der Waals surface area contributed by atoms with Crippen LogP contribution in [0.15, 0.2) is 11.7 Å². The molecule has 2 nitrogen and oxygen atoms in total. The third kappa shape index (κ3) is 1.01. The average molecular weight is 178 g/mol. The van der Waals surface area contributed by atoms with Crippen LogP contribution in [0.4, 0.5) is 0 Å². The summed E-state index contributed by atoms with van der Waals surface area (Å²) >= 11 is 1.69. The zero-order valence-corrected chi connectivity index (χ0v) is 7.98. The molecular weight excluding hydrogens is 168 g/mol. The number of aryl methyl sites for hydroxylation is 2. The van der Waals surface area contributed by atoms with Crippen LogP contribution in [0.5, 0.6) is 0 Å². The van der Waals surface area contributed by atoms with Gasteiger partial charge in [-0.25, -0.2) is 9.97 Å². The van der Waals surface area contributed by atoms with Crippen molar-refractivity contribution in [3.05, 3.63) is 23.0 Å². The first kappa shape index (κ1) is 7.68. The molecular formula is C9H10N2S. The molecule has 0 amide bonds. The van der Waals surface area contributed by atoms with Crippen molar-refractivity contribution in [2.75, 3.05) is 0 Å². The largest absolute Gasteiger partial charge is 0.241 e. The Morgan fingerprint density at radius 2 is 2.25 bits per heavy atom. The molecule has 0 unspecified atom stereocenters. The normalized spacial score (nSPS) is 10.8. The van der Waals surface area contributed by atoms with Crippen molar-refractivity contribution >= 4 is 21.6 Å². The van der Waals surface area contributed by atoms with E-state index in [1.54, 1.807) is 17.7 Å². The van der Waals surface area contributed by atoms with E-state index >= 15 is 0 Å². The van der Waals surface area contributed by atoms with Gasteiger partial charge in [0.05, 0.1) is 5.69 Å². The summed E-state index contributed by atoms with van der Waals surface area (Å²) in [6.07, 6.45) is 2.63. The fraction of sp³-hybridized carbons (Fsp3) is 0.333. The topological polar surface area (TPSA) is 25.8 Å². The van der Waals surface area contributed by atoms with E-state index < -0.39 is 0 Å². The standard InChI is InChI=1S/C9H10N2S/c1-3-7-8-6(2)4-12-9(8)11-5-10-7/h4-5H,3H2,1-2H3. The van der Waals surface area contributed by atoms with E-state index in [0.29, 0.717) is 0 Å². The summed E-state index contributed by atoms with van der Waals surface area (Å²) in [6.45, 7) is 4.24. The van der Waals surface area contributed by atoms with Gasteiger partial charge in [-0.15, -0.1) is 11.3 Å². The first-order valence-electron chi connectivity index (χ1n) is 4.00. The molecule has 0 spiro atoms. The smallest absolute Gasteiger partial charge is 0.127 e. The molecule has 2 rings (SSSR count). The Labute approximate surface area is 75.3 Å². The summed E-state index contributed by atoms with van der Waals surface area (Å²) in [4.78, 5) is 9.58. The SMILES string of the molecule is CCc1ncnc2scc(C)c12. The maximum Gasteiger partial charge on any atom is 0.127 e. The highest BCUT2D eigenvalue weighted by molar-refractivity contribution is 7.16. The molecule has 3 heteroatoms. The van der Waals surface area contributed by atoms with Crippen molar-refractivity contribution in [3.63, 3.8) is 0 Å². The average Bonchev–Trinajstić information content (AvgIpc) is 2.48. The van der Waals surface area contributed by atoms with Gasteiger partial charge in [0.15, 0.2) is 0 Å². The highest BCUT2D eigenvalue weighted by atomic mass is 32.1. The molecule has 0 aliphatic carbocycles. The van der Waals surface area contributed by atoms with Crippen molar-refractivity contribution in [2.45, 2.75) is 20.3 Å². The summed E-state index contributed by atoms with van der Waals surface area (Å²) in [5, 5.41) is 3.39. The molecule has 2 aromatic heterocycles. The van der Waals surface area contributed by atoms with Gasteiger partial charge in [-0.05, 0) is 24.3 Å². The lowest BCUT2D eigenvalue weighted by Gasteiger charge is -1.97. The maximum absolute atomic E-state index is 4.25. The maximum atomic E-state index is 4.25. The highest BCUT2D eigenvalue weighted by Crippen LogP contribution is 2.25. The lowest BCUT2D eigenvalue weighted by molar-refractivity contribution is 1.03. The van der Waals surface area contributed by atoms with Gasteiger partial charge in [0.1, 0.15) is 11.2 Å². The van der Waals surface area contributed by atoms with Gasteiger partial charge in [0, 0.05) is 5.39 Å². The Balaban J connectivity index is 2.84. The Kier molecular flexibility index (Phi) is 1.81. The second-order valence-electron chi connectivity index (χ2n) is 2.77. The van der Waals surface area contributed by atoms with Crippen LogP contribution < -0.4 is 0 Å². The fourth-order valence-corrected chi connectivity index (χ4v) is 2.27. The summed E-state index contributed by atoms with van der Waals surface area (Å²) in [5.74, 6) is 0. The Morgan fingerprint density at radius 3 is 3.00 bits per heavy atom. The minimum atomic E-state index is 0.983. The Morgan fingerprint density at radius 1 is 1.42 bits per heavy atom. The number of hydrogen-bond acceptors (Lipinski definition) is 3. The molecule has 2 aromatic rings. The minimum absolute atomic E-state index is 0.983. The number of rotatable bonds is 1. The molecule has 0 atom stereocenters. The molecule has 0 aliphatic rings. The van der Waals surface area contributed by atoms with Crippen molar-refractivity contribution < 1.29 is 0 Å². The molecule has 0 saturated carbocycles. The van der Waals surface area contributed by atoms with E-state index in [1.165, 1.54) is 16.6 Å². The summed E-state index contributed by atoms with van der Waals surface area (Å²) in [5.41, 5.74) is 2.46. The summed E-state index contributed by atoms with van der Waals surface area (Å²) < 4.78 is 0. The van der Waals surface area contributed by atoms with Crippen LogP contribution in [-0.4, -0.2) is 9.97 Å². The van der Waals surface area contributed by atoms with Crippen molar-refractivity contribution in [1.82, 2.24) is 9.97 Å². The van der Waals surface area contributed by atoms with E-state index in [4.69, 9.17) is 0 Å². The Hall–Kier alpha value is -0.960. The lowest BCUT2D eigenvalue weighted by atomic mass is 10.2. The number of thiophene rings is 1. The molecule has 12 heavy (non-hydrogen) atoms. The quantitative estimate of drug-likeness (QED) is 0.670. The second-order valence-corrected chi connectivity index (χ2v) is 3.63. The summed E-state index contributed by atoms with van der Waals surface area (Å²) in [7, 11) is 0. The van der Waals surface area contributed by atoms with Crippen LogP contribution in [-0.2, 0) is 6.42 Å². The van der Waals surface area contributed by atoms with E-state index in [1.807, 2.05) is 0 Å². The van der Waals surface area contributed by atoms with Gasteiger partial charge >= 0.3 is 0 Å². The monoisotopic (exact) mass is 178 g/mol. The van der Waals surface area contributed by atoms with Crippen LogP contribution in [0.1, 0.15) is 18.2 Å². The Bertz CT molecular complexity index is 406. The van der Waals surface area contributed by atoms with Crippen molar-refractivity contribution in [1.29, 1.82) is 0 Å². The van der Waals surface area contributed by atoms with E-state index in [-0.39, 0.29) is 0 Å². The first-order chi connectivity index (χ1) is 5.83. The molecule has 2 heterocycles. The van der Waals surface area contributed by atoms with Gasteiger partial charge in [0.2, 0.25) is 0 Å².